The summed E-state index contributed by atoms with van der Waals surface area (Å²) in [6, 6.07) is 3.56. The van der Waals surface area contributed by atoms with Crippen molar-refractivity contribution in [1.82, 2.24) is 15.0 Å². The molecule has 0 unspecified atom stereocenters. The molecule has 0 fully saturated rings. The van der Waals surface area contributed by atoms with Crippen molar-refractivity contribution in [2.45, 2.75) is 26.7 Å². The Balaban J connectivity index is 1.65. The lowest BCUT2D eigenvalue weighted by Crippen LogP contribution is -2.19. The van der Waals surface area contributed by atoms with Gasteiger partial charge in [-0.15, -0.1) is 11.3 Å². The largest absolute Gasteiger partial charge is 0.345 e. The third-order valence-electron chi connectivity index (χ3n) is 4.96. The number of hydrogen-bond acceptors (Lipinski definition) is 6. The van der Waals surface area contributed by atoms with E-state index < -0.39 is 38.7 Å². The van der Waals surface area contributed by atoms with E-state index in [4.69, 9.17) is 0 Å². The van der Waals surface area contributed by atoms with Gasteiger partial charge >= 0.3 is 0 Å². The van der Waals surface area contributed by atoms with Crippen molar-refractivity contribution in [3.8, 4) is 11.3 Å². The number of nitrogens with one attached hydrogen (secondary N) is 2. The van der Waals surface area contributed by atoms with Crippen molar-refractivity contribution in [3.05, 3.63) is 63.7 Å². The fourth-order valence-electron chi connectivity index (χ4n) is 3.49. The number of halogens is 2. The Labute approximate surface area is 193 Å². The summed E-state index contributed by atoms with van der Waals surface area (Å²) in [5.74, 6) is -3.36. The Bertz CT molecular complexity index is 1460. The molecule has 3 heterocycles. The Hall–Kier alpha value is -3.18. The topological polar surface area (TPSA) is 105 Å². The minimum Gasteiger partial charge on any atom is -0.345 e. The number of Topliss-reactive ketones (excluding diaryl/α,β-unsaturated/α-hetero) is 1. The Morgan fingerprint density at radius 3 is 2.76 bits per heavy atom. The number of thiazole rings is 1. The summed E-state index contributed by atoms with van der Waals surface area (Å²) >= 11 is 1.50. The number of hydrogen-bond donors (Lipinski definition) is 2. The molecule has 172 valence electrons. The van der Waals surface area contributed by atoms with Crippen LogP contribution in [-0.4, -0.2) is 34.9 Å². The zero-order chi connectivity index (χ0) is 23.8. The van der Waals surface area contributed by atoms with Gasteiger partial charge in [-0.25, -0.2) is 27.2 Å². The third-order valence-corrected chi connectivity index (χ3v) is 7.21. The van der Waals surface area contributed by atoms with E-state index in [1.54, 1.807) is 19.2 Å². The van der Waals surface area contributed by atoms with E-state index >= 15 is 0 Å². The maximum absolute atomic E-state index is 14.9. The summed E-state index contributed by atoms with van der Waals surface area (Å²) in [6.45, 7) is 3.55. The predicted molar refractivity (Wildman–Crippen MR) is 124 cm³/mol. The molecule has 0 amide bonds. The number of carbonyl (C=O) groups is 1. The van der Waals surface area contributed by atoms with Crippen LogP contribution in [0.2, 0.25) is 0 Å². The van der Waals surface area contributed by atoms with Crippen LogP contribution in [0.4, 0.5) is 14.5 Å². The van der Waals surface area contributed by atoms with E-state index in [9.17, 15) is 22.0 Å². The monoisotopic (exact) mass is 490 g/mol. The normalized spacial score (nSPS) is 11.8. The first kappa shape index (κ1) is 23.0. The van der Waals surface area contributed by atoms with Crippen LogP contribution in [0.3, 0.4) is 0 Å². The van der Waals surface area contributed by atoms with Gasteiger partial charge in [-0.3, -0.25) is 9.52 Å². The molecule has 0 aliphatic rings. The van der Waals surface area contributed by atoms with Crippen molar-refractivity contribution in [1.29, 1.82) is 0 Å². The van der Waals surface area contributed by atoms with Gasteiger partial charge in [0.2, 0.25) is 10.0 Å². The average molecular weight is 491 g/mol. The molecule has 2 N–H and O–H groups in total. The SMILES string of the molecule is CCCS(=O)(=O)Nc1ccc(F)c(C(=O)Cc2cnc3[nH]cc(-c4csc(C)n4)c3c2)c1F. The van der Waals surface area contributed by atoms with Gasteiger partial charge in [0, 0.05) is 35.1 Å². The number of H-pyrrole nitrogens is 1. The zero-order valence-corrected chi connectivity index (χ0v) is 19.4. The quantitative estimate of drug-likeness (QED) is 0.344. The molecule has 0 saturated heterocycles. The van der Waals surface area contributed by atoms with Crippen molar-refractivity contribution in [2.24, 2.45) is 0 Å². The van der Waals surface area contributed by atoms with Crippen molar-refractivity contribution in [3.63, 3.8) is 0 Å². The molecule has 0 spiro atoms. The molecular formula is C22H20F2N4O3S2. The molecule has 33 heavy (non-hydrogen) atoms. The summed E-state index contributed by atoms with van der Waals surface area (Å²) in [4.78, 5) is 24.6. The fraction of sp³-hybridized carbons (Fsp3) is 0.227. The summed E-state index contributed by atoms with van der Waals surface area (Å²) in [7, 11) is -3.81. The summed E-state index contributed by atoms with van der Waals surface area (Å²) in [5, 5.41) is 3.54. The lowest BCUT2D eigenvalue weighted by Gasteiger charge is -2.11. The molecule has 7 nitrogen and oxygen atoms in total. The van der Waals surface area contributed by atoms with Gasteiger partial charge in [0.25, 0.3) is 0 Å². The minimum absolute atomic E-state index is 0.226. The van der Waals surface area contributed by atoms with Crippen LogP contribution < -0.4 is 4.72 Å². The van der Waals surface area contributed by atoms with Crippen LogP contribution >= 0.6 is 11.3 Å². The molecule has 0 saturated carbocycles. The van der Waals surface area contributed by atoms with Gasteiger partial charge in [-0.05, 0) is 37.1 Å². The number of fused-ring (bicyclic) bond motifs is 1. The molecular weight excluding hydrogens is 470 g/mol. The Morgan fingerprint density at radius 1 is 1.27 bits per heavy atom. The van der Waals surface area contributed by atoms with Crippen LogP contribution in [0.25, 0.3) is 22.3 Å². The second-order valence-corrected chi connectivity index (χ2v) is 10.4. The van der Waals surface area contributed by atoms with Crippen molar-refractivity contribution >= 4 is 43.9 Å². The second kappa shape index (κ2) is 8.99. The highest BCUT2D eigenvalue weighted by molar-refractivity contribution is 7.92. The highest BCUT2D eigenvalue weighted by atomic mass is 32.2. The number of sulfonamides is 1. The number of anilines is 1. The van der Waals surface area contributed by atoms with E-state index in [-0.39, 0.29) is 12.2 Å². The Morgan fingerprint density at radius 2 is 2.06 bits per heavy atom. The standard InChI is InChI=1S/C22H20F2N4O3S2/c1-3-6-33(30,31)28-17-5-4-16(23)20(21(17)24)19(29)8-13-7-14-15(10-26-22(14)25-9-13)18-11-32-12(2)27-18/h4-5,7,9-11,28H,3,6,8H2,1-2H3,(H,25,26). The van der Waals surface area contributed by atoms with E-state index in [0.717, 1.165) is 33.8 Å². The van der Waals surface area contributed by atoms with Gasteiger partial charge in [0.15, 0.2) is 11.6 Å². The molecule has 0 bridgehead atoms. The smallest absolute Gasteiger partial charge is 0.232 e. The van der Waals surface area contributed by atoms with Crippen LogP contribution in [-0.2, 0) is 16.4 Å². The molecule has 0 radical (unpaired) electrons. The van der Waals surface area contributed by atoms with E-state index in [1.807, 2.05) is 12.3 Å². The molecule has 3 aromatic heterocycles. The number of carbonyl (C=O) groups excluding carboxylic acids is 1. The summed E-state index contributed by atoms with van der Waals surface area (Å²) in [5.41, 5.74) is 1.36. The minimum atomic E-state index is -3.81. The number of rotatable bonds is 8. The van der Waals surface area contributed by atoms with Gasteiger partial charge in [0.1, 0.15) is 11.5 Å². The number of aromatic nitrogens is 3. The number of aryl methyl sites for hydroxylation is 1. The molecule has 0 aliphatic carbocycles. The number of pyridine rings is 1. The van der Waals surface area contributed by atoms with Crippen LogP contribution in [0.5, 0.6) is 0 Å². The van der Waals surface area contributed by atoms with Gasteiger partial charge in [0.05, 0.1) is 27.7 Å². The van der Waals surface area contributed by atoms with Gasteiger partial charge < -0.3 is 4.98 Å². The highest BCUT2D eigenvalue weighted by Gasteiger charge is 2.23. The molecule has 1 aromatic carbocycles. The maximum atomic E-state index is 14.9. The lowest BCUT2D eigenvalue weighted by atomic mass is 10.0. The highest BCUT2D eigenvalue weighted by Crippen LogP contribution is 2.30. The third kappa shape index (κ3) is 4.79. The molecule has 4 aromatic rings. The number of nitrogens with zero attached hydrogens (tertiary/aromatic N) is 2. The number of aromatic amines is 1. The molecule has 0 aliphatic heterocycles. The van der Waals surface area contributed by atoms with Crippen LogP contribution in [0.15, 0.2) is 36.0 Å². The number of ketones is 1. The van der Waals surface area contributed by atoms with Crippen molar-refractivity contribution < 1.29 is 22.0 Å². The number of benzene rings is 1. The molecule has 0 atom stereocenters. The van der Waals surface area contributed by atoms with Gasteiger partial charge in [-0.1, -0.05) is 6.92 Å². The molecule has 4 rings (SSSR count). The van der Waals surface area contributed by atoms with E-state index in [0.29, 0.717) is 17.6 Å². The summed E-state index contributed by atoms with van der Waals surface area (Å²) in [6.07, 6.45) is 3.23. The summed E-state index contributed by atoms with van der Waals surface area (Å²) < 4.78 is 55.4. The van der Waals surface area contributed by atoms with Crippen molar-refractivity contribution in [2.75, 3.05) is 10.5 Å². The first-order chi connectivity index (χ1) is 15.7. The molecule has 11 heteroatoms. The van der Waals surface area contributed by atoms with Crippen LogP contribution in [0.1, 0.15) is 34.3 Å². The second-order valence-electron chi connectivity index (χ2n) is 7.50. The average Bonchev–Trinajstić information content (AvgIpc) is 3.35. The maximum Gasteiger partial charge on any atom is 0.232 e. The predicted octanol–water partition coefficient (Wildman–Crippen LogP) is 4.85. The van der Waals surface area contributed by atoms with E-state index in [1.165, 1.54) is 17.5 Å². The van der Waals surface area contributed by atoms with E-state index in [2.05, 4.69) is 19.7 Å². The first-order valence-corrected chi connectivity index (χ1v) is 12.6. The zero-order valence-electron chi connectivity index (χ0n) is 17.8. The Kier molecular flexibility index (Phi) is 6.26. The fourth-order valence-corrected chi connectivity index (χ4v) is 5.24. The van der Waals surface area contributed by atoms with Crippen LogP contribution in [0, 0.1) is 18.6 Å². The first-order valence-electron chi connectivity index (χ1n) is 10.1. The van der Waals surface area contributed by atoms with Gasteiger partial charge in [-0.2, -0.15) is 0 Å². The lowest BCUT2D eigenvalue weighted by molar-refractivity contribution is 0.0985.